The summed E-state index contributed by atoms with van der Waals surface area (Å²) in [7, 11) is 1.65. The highest BCUT2D eigenvalue weighted by molar-refractivity contribution is 5.87. The highest BCUT2D eigenvalue weighted by Gasteiger charge is 2.10. The number of fused-ring (bicyclic) bond motifs is 1. The SMILES string of the molecule is COCCNCc1c(OCC(=O)O)ccc2ccccc12. The van der Waals surface area contributed by atoms with Gasteiger partial charge in [-0.15, -0.1) is 0 Å². The van der Waals surface area contributed by atoms with Crippen molar-refractivity contribution in [1.82, 2.24) is 5.32 Å². The largest absolute Gasteiger partial charge is 0.482 e. The van der Waals surface area contributed by atoms with Crippen LogP contribution in [0.15, 0.2) is 36.4 Å². The molecular formula is C16H19NO4. The maximum absolute atomic E-state index is 10.7. The van der Waals surface area contributed by atoms with Crippen LogP contribution in [0.5, 0.6) is 5.75 Å². The quantitative estimate of drug-likeness (QED) is 0.728. The first kappa shape index (κ1) is 15.3. The molecule has 5 nitrogen and oxygen atoms in total. The van der Waals surface area contributed by atoms with Gasteiger partial charge >= 0.3 is 5.97 Å². The van der Waals surface area contributed by atoms with Gasteiger partial charge in [0.15, 0.2) is 6.61 Å². The molecule has 0 unspecified atom stereocenters. The van der Waals surface area contributed by atoms with Crippen LogP contribution in [0.3, 0.4) is 0 Å². The second-order valence-electron chi connectivity index (χ2n) is 4.62. The van der Waals surface area contributed by atoms with Crippen molar-refractivity contribution >= 4 is 16.7 Å². The molecule has 0 fully saturated rings. The lowest BCUT2D eigenvalue weighted by molar-refractivity contribution is -0.139. The fourth-order valence-corrected chi connectivity index (χ4v) is 2.16. The first-order chi connectivity index (χ1) is 10.2. The van der Waals surface area contributed by atoms with Crippen LogP contribution in [0.2, 0.25) is 0 Å². The number of ether oxygens (including phenoxy) is 2. The summed E-state index contributed by atoms with van der Waals surface area (Å²) in [5, 5.41) is 14.2. The van der Waals surface area contributed by atoms with E-state index in [-0.39, 0.29) is 6.61 Å². The Labute approximate surface area is 123 Å². The van der Waals surface area contributed by atoms with Crippen molar-refractivity contribution in [2.45, 2.75) is 6.54 Å². The molecule has 0 atom stereocenters. The zero-order valence-corrected chi connectivity index (χ0v) is 12.0. The summed E-state index contributed by atoms with van der Waals surface area (Å²) in [4.78, 5) is 10.7. The highest BCUT2D eigenvalue weighted by atomic mass is 16.5. The molecule has 2 N–H and O–H groups in total. The number of methoxy groups -OCH3 is 1. The first-order valence-corrected chi connectivity index (χ1v) is 6.77. The average molecular weight is 289 g/mol. The van der Waals surface area contributed by atoms with Crippen molar-refractivity contribution in [2.75, 3.05) is 26.9 Å². The molecule has 2 rings (SSSR count). The van der Waals surface area contributed by atoms with Crippen molar-refractivity contribution in [3.05, 3.63) is 42.0 Å². The number of hydrogen-bond donors (Lipinski definition) is 2. The standard InChI is InChI=1S/C16H19NO4/c1-20-9-8-17-10-14-13-5-3-2-4-12(13)6-7-15(14)21-11-16(18)19/h2-7,17H,8-11H2,1H3,(H,18,19). The van der Waals surface area contributed by atoms with Crippen molar-refractivity contribution in [1.29, 1.82) is 0 Å². The van der Waals surface area contributed by atoms with Crippen LogP contribution in [-0.2, 0) is 16.1 Å². The maximum atomic E-state index is 10.7. The van der Waals surface area contributed by atoms with Gasteiger partial charge in [0.25, 0.3) is 0 Å². The van der Waals surface area contributed by atoms with Gasteiger partial charge in [-0.2, -0.15) is 0 Å². The molecule has 0 amide bonds. The van der Waals surface area contributed by atoms with Gasteiger partial charge in [0.2, 0.25) is 0 Å². The van der Waals surface area contributed by atoms with E-state index in [0.29, 0.717) is 18.9 Å². The predicted octanol–water partition coefficient (Wildman–Crippen LogP) is 2.04. The molecule has 0 radical (unpaired) electrons. The highest BCUT2D eigenvalue weighted by Crippen LogP contribution is 2.28. The maximum Gasteiger partial charge on any atom is 0.341 e. The van der Waals surface area contributed by atoms with Gasteiger partial charge < -0.3 is 19.9 Å². The molecule has 0 aromatic heterocycles. The number of hydrogen-bond acceptors (Lipinski definition) is 4. The Kier molecular flexibility index (Phi) is 5.54. The van der Waals surface area contributed by atoms with Crippen LogP contribution >= 0.6 is 0 Å². The number of carboxylic acid groups (broad SMARTS) is 1. The van der Waals surface area contributed by atoms with Gasteiger partial charge in [0.1, 0.15) is 5.75 Å². The van der Waals surface area contributed by atoms with Gasteiger partial charge in [0, 0.05) is 25.8 Å². The number of aliphatic carboxylic acids is 1. The Morgan fingerprint density at radius 3 is 2.81 bits per heavy atom. The van der Waals surface area contributed by atoms with E-state index >= 15 is 0 Å². The van der Waals surface area contributed by atoms with Crippen LogP contribution in [-0.4, -0.2) is 37.9 Å². The monoisotopic (exact) mass is 289 g/mol. The third-order valence-corrected chi connectivity index (χ3v) is 3.13. The minimum Gasteiger partial charge on any atom is -0.482 e. The van der Waals surface area contributed by atoms with Crippen LogP contribution < -0.4 is 10.1 Å². The van der Waals surface area contributed by atoms with Crippen LogP contribution in [0.1, 0.15) is 5.56 Å². The molecule has 0 saturated carbocycles. The van der Waals surface area contributed by atoms with Gasteiger partial charge in [-0.25, -0.2) is 4.79 Å². The van der Waals surface area contributed by atoms with Crippen molar-refractivity contribution in [2.24, 2.45) is 0 Å². The predicted molar refractivity (Wildman–Crippen MR) is 80.7 cm³/mol. The van der Waals surface area contributed by atoms with E-state index in [2.05, 4.69) is 5.32 Å². The van der Waals surface area contributed by atoms with Gasteiger partial charge in [0.05, 0.1) is 6.61 Å². The molecule has 2 aromatic carbocycles. The van der Waals surface area contributed by atoms with E-state index in [1.54, 1.807) is 7.11 Å². The lowest BCUT2D eigenvalue weighted by Gasteiger charge is -2.14. The molecule has 0 aliphatic heterocycles. The van der Waals surface area contributed by atoms with E-state index in [1.807, 2.05) is 36.4 Å². The van der Waals surface area contributed by atoms with Crippen molar-refractivity contribution < 1.29 is 19.4 Å². The van der Waals surface area contributed by atoms with Crippen molar-refractivity contribution in [3.8, 4) is 5.75 Å². The minimum atomic E-state index is -0.985. The van der Waals surface area contributed by atoms with Gasteiger partial charge in [-0.3, -0.25) is 0 Å². The number of carboxylic acids is 1. The van der Waals surface area contributed by atoms with E-state index in [9.17, 15) is 4.79 Å². The number of benzene rings is 2. The van der Waals surface area contributed by atoms with Crippen molar-refractivity contribution in [3.63, 3.8) is 0 Å². The summed E-state index contributed by atoms with van der Waals surface area (Å²) in [6.07, 6.45) is 0. The lowest BCUT2D eigenvalue weighted by Crippen LogP contribution is -2.20. The molecule has 112 valence electrons. The van der Waals surface area contributed by atoms with E-state index < -0.39 is 5.97 Å². The number of nitrogens with one attached hydrogen (secondary N) is 1. The zero-order valence-electron chi connectivity index (χ0n) is 12.0. The Morgan fingerprint density at radius 1 is 1.24 bits per heavy atom. The zero-order chi connectivity index (χ0) is 15.1. The molecule has 0 saturated heterocycles. The van der Waals surface area contributed by atoms with Crippen LogP contribution in [0.4, 0.5) is 0 Å². The molecular weight excluding hydrogens is 270 g/mol. The second-order valence-corrected chi connectivity index (χ2v) is 4.62. The summed E-state index contributed by atoms with van der Waals surface area (Å²) in [6.45, 7) is 1.59. The molecule has 0 aliphatic rings. The Morgan fingerprint density at radius 2 is 2.05 bits per heavy atom. The molecule has 0 aliphatic carbocycles. The first-order valence-electron chi connectivity index (χ1n) is 6.77. The normalized spacial score (nSPS) is 10.7. The minimum absolute atomic E-state index is 0.344. The van der Waals surface area contributed by atoms with Crippen LogP contribution in [0.25, 0.3) is 10.8 Å². The van der Waals surface area contributed by atoms with E-state index in [0.717, 1.165) is 22.9 Å². The smallest absolute Gasteiger partial charge is 0.341 e. The fraction of sp³-hybridized carbons (Fsp3) is 0.312. The molecule has 0 bridgehead atoms. The molecule has 0 spiro atoms. The fourth-order valence-electron chi connectivity index (χ4n) is 2.16. The molecule has 2 aromatic rings. The lowest BCUT2D eigenvalue weighted by atomic mass is 10.0. The third-order valence-electron chi connectivity index (χ3n) is 3.13. The van der Waals surface area contributed by atoms with Gasteiger partial charge in [-0.05, 0) is 16.8 Å². The summed E-state index contributed by atoms with van der Waals surface area (Å²) >= 11 is 0. The van der Waals surface area contributed by atoms with E-state index in [4.69, 9.17) is 14.6 Å². The second kappa shape index (κ2) is 7.61. The molecule has 21 heavy (non-hydrogen) atoms. The topological polar surface area (TPSA) is 67.8 Å². The Balaban J connectivity index is 2.25. The third kappa shape index (κ3) is 4.18. The Bertz CT molecular complexity index is 612. The molecule has 0 heterocycles. The Hall–Kier alpha value is -2.11. The van der Waals surface area contributed by atoms with Crippen LogP contribution in [0, 0.1) is 0 Å². The average Bonchev–Trinajstić information content (AvgIpc) is 2.50. The molecule has 5 heteroatoms. The number of carbonyl (C=O) groups is 1. The summed E-state index contributed by atoms with van der Waals surface area (Å²) < 4.78 is 10.4. The number of rotatable bonds is 8. The van der Waals surface area contributed by atoms with E-state index in [1.165, 1.54) is 0 Å². The van der Waals surface area contributed by atoms with Gasteiger partial charge in [-0.1, -0.05) is 30.3 Å². The summed E-state index contributed by atoms with van der Waals surface area (Å²) in [6, 6.07) is 11.7. The summed E-state index contributed by atoms with van der Waals surface area (Å²) in [5.74, 6) is -0.387. The summed E-state index contributed by atoms with van der Waals surface area (Å²) in [5.41, 5.74) is 0.963.